The third-order valence-electron chi connectivity index (χ3n) is 3.89. The maximum atomic E-state index is 5.78. The highest BCUT2D eigenvalue weighted by atomic mass is 16.5. The molecule has 0 radical (unpaired) electrons. The summed E-state index contributed by atoms with van der Waals surface area (Å²) in [6.07, 6.45) is 1.07. The van der Waals surface area contributed by atoms with Crippen LogP contribution in [0.25, 0.3) is 0 Å². The highest BCUT2D eigenvalue weighted by Gasteiger charge is 2.22. The minimum Gasteiger partial charge on any atom is -0.379 e. The molecule has 2 N–H and O–H groups in total. The molecule has 1 fully saturated rings. The van der Waals surface area contributed by atoms with Gasteiger partial charge in [0.25, 0.3) is 0 Å². The van der Waals surface area contributed by atoms with Gasteiger partial charge >= 0.3 is 0 Å². The molecule has 2 rings (SSSR count). The fourth-order valence-corrected chi connectivity index (χ4v) is 2.39. The maximum absolute atomic E-state index is 5.78. The van der Waals surface area contributed by atoms with Gasteiger partial charge in [-0.15, -0.1) is 0 Å². The Hall–Kier alpha value is -0.940. The molecule has 1 saturated heterocycles. The van der Waals surface area contributed by atoms with Crippen molar-refractivity contribution < 1.29 is 9.47 Å². The van der Waals surface area contributed by atoms with E-state index in [1.165, 1.54) is 11.1 Å². The molecule has 20 heavy (non-hydrogen) atoms. The number of aryl methyl sites for hydroxylation is 1. The quantitative estimate of drug-likeness (QED) is 0.835. The van der Waals surface area contributed by atoms with E-state index >= 15 is 0 Å². The lowest BCUT2D eigenvalue weighted by molar-refractivity contribution is -0.0601. The Bertz CT molecular complexity index is 382. The van der Waals surface area contributed by atoms with Crippen LogP contribution < -0.4 is 10.6 Å². The van der Waals surface area contributed by atoms with E-state index in [1.807, 2.05) is 0 Å². The number of methoxy groups -OCH3 is 1. The first kappa shape index (κ1) is 15.4. The van der Waals surface area contributed by atoms with E-state index in [4.69, 9.17) is 9.47 Å². The lowest BCUT2D eigenvalue weighted by Crippen LogP contribution is -2.53. The first-order valence-electron chi connectivity index (χ1n) is 7.40. The van der Waals surface area contributed by atoms with Crippen molar-refractivity contribution in [2.24, 2.45) is 0 Å². The van der Waals surface area contributed by atoms with Crippen LogP contribution in [0.15, 0.2) is 24.3 Å². The number of rotatable bonds is 6. The van der Waals surface area contributed by atoms with Crippen LogP contribution >= 0.6 is 0 Å². The van der Waals surface area contributed by atoms with E-state index in [0.717, 1.165) is 19.5 Å². The normalized spacial score (nSPS) is 24.6. The van der Waals surface area contributed by atoms with Crippen LogP contribution in [0, 0.1) is 6.92 Å². The summed E-state index contributed by atoms with van der Waals surface area (Å²) in [5, 5.41) is 6.79. The van der Waals surface area contributed by atoms with Gasteiger partial charge in [-0.2, -0.15) is 0 Å². The van der Waals surface area contributed by atoms with Crippen molar-refractivity contribution in [2.45, 2.75) is 38.6 Å². The fraction of sp³-hybridized carbons (Fsp3) is 0.625. The van der Waals surface area contributed by atoms with Crippen molar-refractivity contribution >= 4 is 0 Å². The van der Waals surface area contributed by atoms with Crippen LogP contribution in [0.4, 0.5) is 0 Å². The fourth-order valence-electron chi connectivity index (χ4n) is 2.39. The molecule has 0 saturated carbocycles. The molecule has 1 aromatic carbocycles. The lowest BCUT2D eigenvalue weighted by Gasteiger charge is -2.32. The van der Waals surface area contributed by atoms with Crippen molar-refractivity contribution in [1.29, 1.82) is 0 Å². The Balaban J connectivity index is 1.76. The molecule has 0 bridgehead atoms. The minimum absolute atomic E-state index is 0.0686. The molecule has 1 unspecified atom stereocenters. The van der Waals surface area contributed by atoms with E-state index in [9.17, 15) is 0 Å². The zero-order valence-corrected chi connectivity index (χ0v) is 12.7. The van der Waals surface area contributed by atoms with Gasteiger partial charge in [-0.05, 0) is 18.9 Å². The number of hydrogen-bond donors (Lipinski definition) is 2. The first-order valence-corrected chi connectivity index (χ1v) is 7.40. The molecule has 1 heterocycles. The summed E-state index contributed by atoms with van der Waals surface area (Å²) >= 11 is 0. The Labute approximate surface area is 121 Å². The van der Waals surface area contributed by atoms with E-state index < -0.39 is 0 Å². The largest absolute Gasteiger partial charge is 0.379 e. The average molecular weight is 278 g/mol. The molecule has 1 aromatic rings. The van der Waals surface area contributed by atoms with Crippen molar-refractivity contribution in [2.75, 3.05) is 26.8 Å². The SMILES string of the molecule is CCC(COC1NCC(c2ccc(C)cc2)CN1)OC. The van der Waals surface area contributed by atoms with Gasteiger partial charge in [0, 0.05) is 26.1 Å². The van der Waals surface area contributed by atoms with E-state index in [-0.39, 0.29) is 12.5 Å². The highest BCUT2D eigenvalue weighted by Crippen LogP contribution is 2.17. The van der Waals surface area contributed by atoms with Crippen LogP contribution in [0.1, 0.15) is 30.4 Å². The molecule has 112 valence electrons. The lowest BCUT2D eigenvalue weighted by atomic mass is 9.97. The Morgan fingerprint density at radius 3 is 2.40 bits per heavy atom. The summed E-state index contributed by atoms with van der Waals surface area (Å²) in [4.78, 5) is 0. The topological polar surface area (TPSA) is 42.5 Å². The third kappa shape index (κ3) is 4.28. The van der Waals surface area contributed by atoms with Gasteiger partial charge in [-0.3, -0.25) is 10.6 Å². The molecule has 1 atom stereocenters. The predicted octanol–water partition coefficient (Wildman–Crippen LogP) is 2.00. The first-order chi connectivity index (χ1) is 9.72. The Morgan fingerprint density at radius 2 is 1.85 bits per heavy atom. The maximum Gasteiger partial charge on any atom is 0.163 e. The number of ether oxygens (including phenoxy) is 2. The smallest absolute Gasteiger partial charge is 0.163 e. The molecule has 4 heteroatoms. The molecule has 0 spiro atoms. The number of benzene rings is 1. The molecule has 1 aliphatic heterocycles. The monoisotopic (exact) mass is 278 g/mol. The second kappa shape index (κ2) is 7.74. The third-order valence-corrected chi connectivity index (χ3v) is 3.89. The van der Waals surface area contributed by atoms with Crippen LogP contribution in [0.3, 0.4) is 0 Å². The van der Waals surface area contributed by atoms with Crippen molar-refractivity contribution in [3.63, 3.8) is 0 Å². The van der Waals surface area contributed by atoms with Crippen LogP contribution in [-0.2, 0) is 9.47 Å². The van der Waals surface area contributed by atoms with Crippen molar-refractivity contribution in [1.82, 2.24) is 10.6 Å². The van der Waals surface area contributed by atoms with Gasteiger partial charge in [0.2, 0.25) is 0 Å². The van der Waals surface area contributed by atoms with E-state index in [1.54, 1.807) is 7.11 Å². The molecule has 0 aromatic heterocycles. The number of hydrogen-bond acceptors (Lipinski definition) is 4. The summed E-state index contributed by atoms with van der Waals surface area (Å²) in [6.45, 7) is 6.71. The van der Waals surface area contributed by atoms with Crippen molar-refractivity contribution in [3.05, 3.63) is 35.4 Å². The Morgan fingerprint density at radius 1 is 1.20 bits per heavy atom. The molecule has 0 aliphatic carbocycles. The number of nitrogens with one attached hydrogen (secondary N) is 2. The molecule has 0 amide bonds. The molecular weight excluding hydrogens is 252 g/mol. The summed E-state index contributed by atoms with van der Waals surface area (Å²) in [5.74, 6) is 0.500. The van der Waals surface area contributed by atoms with Gasteiger partial charge in [0.1, 0.15) is 0 Å². The van der Waals surface area contributed by atoms with Gasteiger partial charge < -0.3 is 9.47 Å². The zero-order chi connectivity index (χ0) is 14.4. The summed E-state index contributed by atoms with van der Waals surface area (Å²) < 4.78 is 11.1. The standard InChI is InChI=1S/C16H26N2O2/c1-4-15(19-3)11-20-16-17-9-14(10-18-16)13-7-5-12(2)6-8-13/h5-8,14-18H,4,9-11H2,1-3H3. The van der Waals surface area contributed by atoms with Crippen LogP contribution in [-0.4, -0.2) is 39.3 Å². The highest BCUT2D eigenvalue weighted by molar-refractivity contribution is 5.25. The zero-order valence-electron chi connectivity index (χ0n) is 12.7. The predicted molar refractivity (Wildman–Crippen MR) is 80.8 cm³/mol. The van der Waals surface area contributed by atoms with Gasteiger partial charge in [-0.1, -0.05) is 36.8 Å². The van der Waals surface area contributed by atoms with E-state index in [2.05, 4.69) is 48.7 Å². The second-order valence-electron chi connectivity index (χ2n) is 5.40. The van der Waals surface area contributed by atoms with Crippen LogP contribution in [0.5, 0.6) is 0 Å². The van der Waals surface area contributed by atoms with Gasteiger partial charge in [-0.25, -0.2) is 0 Å². The van der Waals surface area contributed by atoms with Gasteiger partial charge in [0.05, 0.1) is 12.7 Å². The van der Waals surface area contributed by atoms with Gasteiger partial charge in [0.15, 0.2) is 6.35 Å². The summed E-state index contributed by atoms with van der Waals surface area (Å²) in [5.41, 5.74) is 2.68. The summed E-state index contributed by atoms with van der Waals surface area (Å²) in [6, 6.07) is 8.76. The summed E-state index contributed by atoms with van der Waals surface area (Å²) in [7, 11) is 1.73. The van der Waals surface area contributed by atoms with E-state index in [0.29, 0.717) is 12.5 Å². The molecule has 4 nitrogen and oxygen atoms in total. The average Bonchev–Trinajstić information content (AvgIpc) is 2.50. The Kier molecular flexibility index (Phi) is 5.98. The minimum atomic E-state index is -0.0686. The van der Waals surface area contributed by atoms with Crippen molar-refractivity contribution in [3.8, 4) is 0 Å². The van der Waals surface area contributed by atoms with Crippen LogP contribution in [0.2, 0.25) is 0 Å². The molecular formula is C16H26N2O2. The second-order valence-corrected chi connectivity index (χ2v) is 5.40. The molecule has 1 aliphatic rings.